The Balaban J connectivity index is 3.16. The first-order chi connectivity index (χ1) is 7.58. The number of nitrogens with zero attached hydrogens (tertiary/aromatic N) is 1. The molecule has 1 aromatic carbocycles. The second-order valence-electron chi connectivity index (χ2n) is 2.96. The third-order valence-electron chi connectivity index (χ3n) is 1.92. The quantitative estimate of drug-likeness (QED) is 0.579. The summed E-state index contributed by atoms with van der Waals surface area (Å²) in [5, 5.41) is 18.2. The van der Waals surface area contributed by atoms with E-state index in [-0.39, 0.29) is 11.3 Å². The van der Waals surface area contributed by atoms with Crippen LogP contribution in [-0.2, 0) is 4.79 Å². The van der Waals surface area contributed by atoms with Gasteiger partial charge in [0.1, 0.15) is 23.1 Å². The lowest BCUT2D eigenvalue weighted by atomic mass is 10.1. The van der Waals surface area contributed by atoms with Gasteiger partial charge >= 0.3 is 0 Å². The van der Waals surface area contributed by atoms with Gasteiger partial charge in [-0.25, -0.2) is 0 Å². The number of hydrogen-bond donors (Lipinski definition) is 2. The van der Waals surface area contributed by atoms with E-state index in [1.165, 1.54) is 25.3 Å². The Labute approximate surface area is 92.4 Å². The first kappa shape index (κ1) is 11.6. The van der Waals surface area contributed by atoms with E-state index < -0.39 is 5.91 Å². The highest BCUT2D eigenvalue weighted by atomic mass is 16.5. The predicted octanol–water partition coefficient (Wildman–Crippen LogP) is 0.793. The van der Waals surface area contributed by atoms with Crippen LogP contribution < -0.4 is 10.5 Å². The van der Waals surface area contributed by atoms with E-state index in [9.17, 15) is 9.90 Å². The van der Waals surface area contributed by atoms with Gasteiger partial charge in [-0.1, -0.05) is 0 Å². The van der Waals surface area contributed by atoms with Crippen LogP contribution in [0.2, 0.25) is 0 Å². The SMILES string of the molecule is COc1ccc(/C=C(\C#N)C(N)=O)c(O)c1. The molecule has 0 saturated carbocycles. The fraction of sp³-hybridized carbons (Fsp3) is 0.0909. The normalized spacial score (nSPS) is 10.6. The predicted molar refractivity (Wildman–Crippen MR) is 57.4 cm³/mol. The number of nitriles is 1. The fourth-order valence-corrected chi connectivity index (χ4v) is 1.09. The summed E-state index contributed by atoms with van der Waals surface area (Å²) in [5.41, 5.74) is 5.07. The highest BCUT2D eigenvalue weighted by molar-refractivity contribution is 6.00. The molecular weight excluding hydrogens is 208 g/mol. The lowest BCUT2D eigenvalue weighted by Gasteiger charge is -2.03. The van der Waals surface area contributed by atoms with Gasteiger partial charge in [0.2, 0.25) is 0 Å². The van der Waals surface area contributed by atoms with Gasteiger partial charge in [0.05, 0.1) is 7.11 Å². The van der Waals surface area contributed by atoms with E-state index in [0.29, 0.717) is 11.3 Å². The van der Waals surface area contributed by atoms with Gasteiger partial charge in [0.25, 0.3) is 5.91 Å². The topological polar surface area (TPSA) is 96.3 Å². The van der Waals surface area contributed by atoms with Gasteiger partial charge in [-0.05, 0) is 18.2 Å². The van der Waals surface area contributed by atoms with Crippen LogP contribution in [0.15, 0.2) is 23.8 Å². The zero-order valence-corrected chi connectivity index (χ0v) is 8.60. The average Bonchev–Trinajstić information content (AvgIpc) is 2.26. The van der Waals surface area contributed by atoms with Crippen molar-refractivity contribution in [1.29, 1.82) is 5.26 Å². The number of benzene rings is 1. The van der Waals surface area contributed by atoms with Crippen molar-refractivity contribution in [3.8, 4) is 17.6 Å². The van der Waals surface area contributed by atoms with Gasteiger partial charge in [-0.3, -0.25) is 4.79 Å². The van der Waals surface area contributed by atoms with Crippen LogP contribution in [0.25, 0.3) is 6.08 Å². The Kier molecular flexibility index (Phi) is 3.51. The number of primary amides is 1. The van der Waals surface area contributed by atoms with Crippen molar-refractivity contribution in [2.45, 2.75) is 0 Å². The number of methoxy groups -OCH3 is 1. The molecule has 3 N–H and O–H groups in total. The zero-order valence-electron chi connectivity index (χ0n) is 8.60. The minimum Gasteiger partial charge on any atom is -0.507 e. The van der Waals surface area contributed by atoms with Gasteiger partial charge in [-0.15, -0.1) is 0 Å². The number of aromatic hydroxyl groups is 1. The second kappa shape index (κ2) is 4.84. The monoisotopic (exact) mass is 218 g/mol. The Morgan fingerprint density at radius 2 is 2.31 bits per heavy atom. The number of amides is 1. The van der Waals surface area contributed by atoms with Crippen LogP contribution in [0.4, 0.5) is 0 Å². The van der Waals surface area contributed by atoms with E-state index in [1.54, 1.807) is 12.1 Å². The summed E-state index contributed by atoms with van der Waals surface area (Å²) in [7, 11) is 1.47. The van der Waals surface area contributed by atoms with Crippen LogP contribution in [0, 0.1) is 11.3 Å². The molecule has 0 saturated heterocycles. The van der Waals surface area contributed by atoms with Gasteiger partial charge in [0.15, 0.2) is 0 Å². The molecule has 5 heteroatoms. The van der Waals surface area contributed by atoms with Crippen LogP contribution in [0.3, 0.4) is 0 Å². The maximum Gasteiger partial charge on any atom is 0.259 e. The molecule has 0 fully saturated rings. The van der Waals surface area contributed by atoms with Crippen LogP contribution in [0.5, 0.6) is 11.5 Å². The molecule has 0 unspecified atom stereocenters. The molecule has 0 aromatic heterocycles. The van der Waals surface area contributed by atoms with E-state index >= 15 is 0 Å². The Morgan fingerprint density at radius 3 is 2.75 bits per heavy atom. The lowest BCUT2D eigenvalue weighted by molar-refractivity contribution is -0.114. The summed E-state index contributed by atoms with van der Waals surface area (Å²) in [4.78, 5) is 10.8. The summed E-state index contributed by atoms with van der Waals surface area (Å²) in [6.07, 6.45) is 1.22. The summed E-state index contributed by atoms with van der Waals surface area (Å²) >= 11 is 0. The molecule has 0 radical (unpaired) electrons. The average molecular weight is 218 g/mol. The minimum atomic E-state index is -0.835. The van der Waals surface area contributed by atoms with E-state index in [2.05, 4.69) is 0 Å². The van der Waals surface area contributed by atoms with Gasteiger partial charge < -0.3 is 15.6 Å². The van der Waals surface area contributed by atoms with Crippen molar-refractivity contribution in [2.24, 2.45) is 5.73 Å². The molecule has 1 aromatic rings. The number of phenols is 1. The number of ether oxygens (including phenoxy) is 1. The molecule has 16 heavy (non-hydrogen) atoms. The molecule has 5 nitrogen and oxygen atoms in total. The Bertz CT molecular complexity index is 486. The van der Waals surface area contributed by atoms with Crippen molar-refractivity contribution >= 4 is 12.0 Å². The standard InChI is InChI=1S/C11H10N2O3/c1-16-9-3-2-7(10(14)5-9)4-8(6-12)11(13)15/h2-5,14H,1H3,(H2,13,15)/b8-4+. The molecule has 0 heterocycles. The summed E-state index contributed by atoms with van der Waals surface area (Å²) in [6, 6.07) is 6.15. The highest BCUT2D eigenvalue weighted by Gasteiger charge is 2.06. The molecule has 0 bridgehead atoms. The Morgan fingerprint density at radius 1 is 1.62 bits per heavy atom. The van der Waals surface area contributed by atoms with E-state index in [4.69, 9.17) is 15.7 Å². The number of rotatable bonds is 3. The summed E-state index contributed by atoms with van der Waals surface area (Å²) in [6.45, 7) is 0. The maximum atomic E-state index is 10.8. The maximum absolute atomic E-state index is 10.8. The first-order valence-corrected chi connectivity index (χ1v) is 4.37. The molecule has 82 valence electrons. The molecule has 0 aliphatic carbocycles. The van der Waals surface area contributed by atoms with Gasteiger partial charge in [-0.2, -0.15) is 5.26 Å². The lowest BCUT2D eigenvalue weighted by Crippen LogP contribution is -2.12. The molecule has 0 atom stereocenters. The van der Waals surface area contributed by atoms with E-state index in [1.807, 2.05) is 0 Å². The Hall–Kier alpha value is -2.48. The molecule has 1 rings (SSSR count). The first-order valence-electron chi connectivity index (χ1n) is 4.37. The van der Waals surface area contributed by atoms with E-state index in [0.717, 1.165) is 0 Å². The van der Waals surface area contributed by atoms with Crippen molar-refractivity contribution in [2.75, 3.05) is 7.11 Å². The number of carbonyl (C=O) groups excluding carboxylic acids is 1. The molecule has 1 amide bonds. The van der Waals surface area contributed by atoms with Crippen LogP contribution >= 0.6 is 0 Å². The number of hydrogen-bond acceptors (Lipinski definition) is 4. The van der Waals surface area contributed by atoms with Crippen molar-refractivity contribution < 1.29 is 14.6 Å². The molecule has 0 aliphatic heterocycles. The molecule has 0 aliphatic rings. The number of phenolic OH excluding ortho intramolecular Hbond substituents is 1. The smallest absolute Gasteiger partial charge is 0.259 e. The van der Waals surface area contributed by atoms with Crippen molar-refractivity contribution in [3.63, 3.8) is 0 Å². The van der Waals surface area contributed by atoms with Crippen molar-refractivity contribution in [1.82, 2.24) is 0 Å². The molecule has 0 spiro atoms. The number of nitrogens with two attached hydrogens (primary N) is 1. The zero-order chi connectivity index (χ0) is 12.1. The fourth-order valence-electron chi connectivity index (χ4n) is 1.09. The van der Waals surface area contributed by atoms with Crippen LogP contribution in [0.1, 0.15) is 5.56 Å². The number of carbonyl (C=O) groups is 1. The largest absolute Gasteiger partial charge is 0.507 e. The third kappa shape index (κ3) is 2.51. The van der Waals surface area contributed by atoms with Gasteiger partial charge in [0, 0.05) is 11.6 Å². The molecular formula is C11H10N2O3. The summed E-state index contributed by atoms with van der Waals surface area (Å²) in [5.74, 6) is -0.446. The minimum absolute atomic E-state index is 0.0895. The van der Waals surface area contributed by atoms with Crippen molar-refractivity contribution in [3.05, 3.63) is 29.3 Å². The third-order valence-corrected chi connectivity index (χ3v) is 1.92. The highest BCUT2D eigenvalue weighted by Crippen LogP contribution is 2.25. The second-order valence-corrected chi connectivity index (χ2v) is 2.96. The van der Waals surface area contributed by atoms with Crippen LogP contribution in [-0.4, -0.2) is 18.1 Å². The summed E-state index contributed by atoms with van der Waals surface area (Å²) < 4.78 is 4.89.